The van der Waals surface area contributed by atoms with Crippen LogP contribution in [0.5, 0.6) is 5.75 Å². The van der Waals surface area contributed by atoms with Gasteiger partial charge < -0.3 is 24.5 Å². The van der Waals surface area contributed by atoms with Crippen LogP contribution in [0.15, 0.2) is 41.0 Å². The zero-order chi connectivity index (χ0) is 15.8. The van der Waals surface area contributed by atoms with Crippen molar-refractivity contribution in [3.63, 3.8) is 0 Å². The minimum atomic E-state index is -0.322. The molecule has 1 aromatic carbocycles. The van der Waals surface area contributed by atoms with Crippen molar-refractivity contribution in [2.45, 2.75) is 6.61 Å². The summed E-state index contributed by atoms with van der Waals surface area (Å²) in [6, 6.07) is 8.30. The Labute approximate surface area is 133 Å². The molecule has 0 atom stereocenters. The van der Waals surface area contributed by atoms with Gasteiger partial charge in [-0.05, 0) is 30.3 Å². The van der Waals surface area contributed by atoms with Gasteiger partial charge in [-0.25, -0.2) is 4.79 Å². The van der Waals surface area contributed by atoms with Crippen molar-refractivity contribution >= 4 is 23.3 Å². The SMILES string of the molecule is COCCNC(=O)Nc1ccc(OCc2ccco2)c(Cl)c1. The predicted octanol–water partition coefficient (Wildman–Crippen LogP) is 3.28. The lowest BCUT2D eigenvalue weighted by Crippen LogP contribution is -2.31. The Hall–Kier alpha value is -2.18. The highest BCUT2D eigenvalue weighted by molar-refractivity contribution is 6.32. The van der Waals surface area contributed by atoms with Crippen molar-refractivity contribution in [2.75, 3.05) is 25.6 Å². The minimum Gasteiger partial charge on any atom is -0.484 e. The average Bonchev–Trinajstić information content (AvgIpc) is 3.00. The number of anilines is 1. The molecular weight excluding hydrogens is 308 g/mol. The minimum absolute atomic E-state index is 0.289. The van der Waals surface area contributed by atoms with Gasteiger partial charge in [0, 0.05) is 19.3 Å². The number of carbonyl (C=O) groups is 1. The van der Waals surface area contributed by atoms with Crippen molar-refractivity contribution in [1.29, 1.82) is 0 Å². The second-order valence-corrected chi connectivity index (χ2v) is 4.79. The highest BCUT2D eigenvalue weighted by atomic mass is 35.5. The third-order valence-corrected chi connectivity index (χ3v) is 3.03. The van der Waals surface area contributed by atoms with E-state index in [0.717, 1.165) is 0 Å². The van der Waals surface area contributed by atoms with Gasteiger partial charge in [0.2, 0.25) is 0 Å². The van der Waals surface area contributed by atoms with E-state index in [4.69, 9.17) is 25.5 Å². The molecule has 118 valence electrons. The number of methoxy groups -OCH3 is 1. The fourth-order valence-corrected chi connectivity index (χ4v) is 1.92. The Balaban J connectivity index is 1.87. The quantitative estimate of drug-likeness (QED) is 0.767. The molecule has 0 fully saturated rings. The van der Waals surface area contributed by atoms with Gasteiger partial charge in [0.1, 0.15) is 18.1 Å². The number of furan rings is 1. The molecule has 2 N–H and O–H groups in total. The molecule has 2 rings (SSSR count). The van der Waals surface area contributed by atoms with Crippen LogP contribution in [0.25, 0.3) is 0 Å². The van der Waals surface area contributed by atoms with Crippen LogP contribution in [0.3, 0.4) is 0 Å². The number of hydrogen-bond acceptors (Lipinski definition) is 4. The van der Waals surface area contributed by atoms with Gasteiger partial charge in [0.25, 0.3) is 0 Å². The monoisotopic (exact) mass is 324 g/mol. The zero-order valence-corrected chi connectivity index (χ0v) is 12.9. The van der Waals surface area contributed by atoms with E-state index in [0.29, 0.717) is 35.4 Å². The van der Waals surface area contributed by atoms with Gasteiger partial charge >= 0.3 is 6.03 Å². The van der Waals surface area contributed by atoms with Gasteiger partial charge in [-0.1, -0.05) is 11.6 Å². The van der Waals surface area contributed by atoms with Crippen LogP contribution in [-0.4, -0.2) is 26.3 Å². The van der Waals surface area contributed by atoms with Gasteiger partial charge in [0.05, 0.1) is 17.9 Å². The Morgan fingerprint density at radius 3 is 2.91 bits per heavy atom. The summed E-state index contributed by atoms with van der Waals surface area (Å²) >= 11 is 6.13. The lowest BCUT2D eigenvalue weighted by Gasteiger charge is -2.10. The number of rotatable bonds is 7. The van der Waals surface area contributed by atoms with Crippen LogP contribution >= 0.6 is 11.6 Å². The maximum Gasteiger partial charge on any atom is 0.319 e. The summed E-state index contributed by atoms with van der Waals surface area (Å²) in [7, 11) is 1.57. The van der Waals surface area contributed by atoms with Gasteiger partial charge in [-0.15, -0.1) is 0 Å². The van der Waals surface area contributed by atoms with Crippen molar-refractivity contribution < 1.29 is 18.7 Å². The molecule has 0 aliphatic rings. The lowest BCUT2D eigenvalue weighted by atomic mass is 10.3. The molecule has 7 heteroatoms. The molecule has 0 aliphatic carbocycles. The number of nitrogens with one attached hydrogen (secondary N) is 2. The number of urea groups is 1. The average molecular weight is 325 g/mol. The van der Waals surface area contributed by atoms with E-state index < -0.39 is 0 Å². The van der Waals surface area contributed by atoms with E-state index in [1.165, 1.54) is 0 Å². The van der Waals surface area contributed by atoms with Crippen LogP contribution in [0.2, 0.25) is 5.02 Å². The normalized spacial score (nSPS) is 10.3. The first-order chi connectivity index (χ1) is 10.7. The molecule has 1 heterocycles. The van der Waals surface area contributed by atoms with Gasteiger partial charge in [0.15, 0.2) is 0 Å². The number of carbonyl (C=O) groups excluding carboxylic acids is 1. The largest absolute Gasteiger partial charge is 0.484 e. The molecule has 0 saturated carbocycles. The molecule has 0 bridgehead atoms. The molecule has 0 aliphatic heterocycles. The second kappa shape index (κ2) is 8.31. The van der Waals surface area contributed by atoms with E-state index in [2.05, 4.69) is 10.6 Å². The number of halogens is 1. The number of amides is 2. The number of benzene rings is 1. The molecule has 0 saturated heterocycles. The Morgan fingerprint density at radius 2 is 2.23 bits per heavy atom. The van der Waals surface area contributed by atoms with Crippen LogP contribution in [-0.2, 0) is 11.3 Å². The maximum absolute atomic E-state index is 11.6. The van der Waals surface area contributed by atoms with Gasteiger partial charge in [-0.2, -0.15) is 0 Å². The summed E-state index contributed by atoms with van der Waals surface area (Å²) in [4.78, 5) is 11.6. The molecule has 0 spiro atoms. The summed E-state index contributed by atoms with van der Waals surface area (Å²) in [5.41, 5.74) is 0.574. The Morgan fingerprint density at radius 1 is 1.36 bits per heavy atom. The lowest BCUT2D eigenvalue weighted by molar-refractivity contribution is 0.198. The third kappa shape index (κ3) is 4.98. The van der Waals surface area contributed by atoms with Crippen molar-refractivity contribution in [3.05, 3.63) is 47.4 Å². The number of ether oxygens (including phenoxy) is 2. The summed E-state index contributed by atoms with van der Waals surface area (Å²) in [6.07, 6.45) is 1.58. The van der Waals surface area contributed by atoms with Crippen LogP contribution in [0.1, 0.15) is 5.76 Å². The summed E-state index contributed by atoms with van der Waals surface area (Å²) in [6.45, 7) is 1.17. The molecule has 1 aromatic heterocycles. The van der Waals surface area contributed by atoms with E-state index >= 15 is 0 Å². The van der Waals surface area contributed by atoms with Gasteiger partial charge in [-0.3, -0.25) is 0 Å². The van der Waals surface area contributed by atoms with Crippen LogP contribution in [0.4, 0.5) is 10.5 Å². The van der Waals surface area contributed by atoms with Crippen molar-refractivity contribution in [1.82, 2.24) is 5.32 Å². The highest BCUT2D eigenvalue weighted by Gasteiger charge is 2.07. The second-order valence-electron chi connectivity index (χ2n) is 4.39. The Bertz CT molecular complexity index is 602. The summed E-state index contributed by atoms with van der Waals surface area (Å²) in [5.74, 6) is 1.22. The first-order valence-corrected chi connectivity index (χ1v) is 7.05. The van der Waals surface area contributed by atoms with Crippen LogP contribution in [0, 0.1) is 0 Å². The van der Waals surface area contributed by atoms with Crippen molar-refractivity contribution in [2.24, 2.45) is 0 Å². The highest BCUT2D eigenvalue weighted by Crippen LogP contribution is 2.28. The predicted molar refractivity (Wildman–Crippen MR) is 83.4 cm³/mol. The molecule has 0 unspecified atom stereocenters. The fourth-order valence-electron chi connectivity index (χ4n) is 1.68. The topological polar surface area (TPSA) is 72.7 Å². The molecule has 6 nitrogen and oxygen atoms in total. The summed E-state index contributed by atoms with van der Waals surface area (Å²) in [5, 5.41) is 5.73. The first kappa shape index (κ1) is 16.2. The summed E-state index contributed by atoms with van der Waals surface area (Å²) < 4.78 is 15.6. The van der Waals surface area contributed by atoms with E-state index in [9.17, 15) is 4.79 Å². The standard InChI is InChI=1S/C15H17ClN2O4/c1-20-8-6-17-15(19)18-11-4-5-14(13(16)9-11)22-10-12-3-2-7-21-12/h2-5,7,9H,6,8,10H2,1H3,(H2,17,18,19). The molecule has 0 radical (unpaired) electrons. The first-order valence-electron chi connectivity index (χ1n) is 6.67. The van der Waals surface area contributed by atoms with Crippen LogP contribution < -0.4 is 15.4 Å². The smallest absolute Gasteiger partial charge is 0.319 e. The van der Waals surface area contributed by atoms with E-state index in [1.54, 1.807) is 37.6 Å². The van der Waals surface area contributed by atoms with E-state index in [1.807, 2.05) is 6.07 Å². The number of hydrogen-bond donors (Lipinski definition) is 2. The Kier molecular flexibility index (Phi) is 6.12. The zero-order valence-electron chi connectivity index (χ0n) is 12.1. The van der Waals surface area contributed by atoms with E-state index in [-0.39, 0.29) is 12.6 Å². The fraction of sp³-hybridized carbons (Fsp3) is 0.267. The maximum atomic E-state index is 11.6. The third-order valence-electron chi connectivity index (χ3n) is 2.73. The van der Waals surface area contributed by atoms with Crippen molar-refractivity contribution in [3.8, 4) is 5.75 Å². The molecule has 22 heavy (non-hydrogen) atoms. The molecule has 2 aromatic rings. The molecule has 2 amide bonds. The molecular formula is C15H17ClN2O4.